The summed E-state index contributed by atoms with van der Waals surface area (Å²) in [5.74, 6) is -0.0529. The summed E-state index contributed by atoms with van der Waals surface area (Å²) in [6.07, 6.45) is 5.84. The first-order chi connectivity index (χ1) is 11.0. The molecule has 4 rings (SSSR count). The van der Waals surface area contributed by atoms with Gasteiger partial charge in [0.1, 0.15) is 5.60 Å². The second-order valence-corrected chi connectivity index (χ2v) is 7.33. The normalized spacial score (nSPS) is 41.0. The van der Waals surface area contributed by atoms with E-state index in [-0.39, 0.29) is 26.4 Å². The van der Waals surface area contributed by atoms with Crippen LogP contribution in [-0.4, -0.2) is 59.4 Å². The lowest BCUT2D eigenvalue weighted by Crippen LogP contribution is -2.68. The lowest BCUT2D eigenvalue weighted by atomic mass is 9.50. The largest absolute Gasteiger partial charge is 0.456 e. The summed E-state index contributed by atoms with van der Waals surface area (Å²) in [6.45, 7) is 3.97. The summed E-state index contributed by atoms with van der Waals surface area (Å²) in [5.41, 5.74) is -1.42. The van der Waals surface area contributed by atoms with Gasteiger partial charge in [0.05, 0.1) is 37.6 Å². The van der Waals surface area contributed by atoms with Gasteiger partial charge in [0.15, 0.2) is 0 Å². The van der Waals surface area contributed by atoms with Gasteiger partial charge >= 0.3 is 5.97 Å². The van der Waals surface area contributed by atoms with Crippen LogP contribution in [0.3, 0.4) is 0 Å². The predicted molar refractivity (Wildman–Crippen MR) is 81.7 cm³/mol. The highest BCUT2D eigenvalue weighted by Gasteiger charge is 2.66. The average Bonchev–Trinajstić information content (AvgIpc) is 2.49. The average molecular weight is 326 g/mol. The van der Waals surface area contributed by atoms with Crippen LogP contribution in [0.25, 0.3) is 0 Å². The second kappa shape index (κ2) is 6.16. The van der Waals surface area contributed by atoms with Crippen LogP contribution in [0.5, 0.6) is 0 Å². The van der Waals surface area contributed by atoms with E-state index in [9.17, 15) is 4.79 Å². The third-order valence-corrected chi connectivity index (χ3v) is 5.40. The van der Waals surface area contributed by atoms with Crippen molar-refractivity contribution < 1.29 is 29.2 Å². The van der Waals surface area contributed by atoms with E-state index in [4.69, 9.17) is 24.4 Å². The van der Waals surface area contributed by atoms with Crippen LogP contribution in [0.4, 0.5) is 0 Å². The summed E-state index contributed by atoms with van der Waals surface area (Å²) in [4.78, 5) is 11.8. The molecule has 130 valence electrons. The lowest BCUT2D eigenvalue weighted by molar-refractivity contribution is -0.285. The zero-order valence-electron chi connectivity index (χ0n) is 13.5. The highest BCUT2D eigenvalue weighted by molar-refractivity contribution is 5.81. The van der Waals surface area contributed by atoms with Crippen molar-refractivity contribution in [1.82, 2.24) is 0 Å². The van der Waals surface area contributed by atoms with E-state index in [0.29, 0.717) is 18.8 Å². The molecule has 23 heavy (non-hydrogen) atoms. The van der Waals surface area contributed by atoms with Gasteiger partial charge in [-0.15, -0.1) is 0 Å². The Morgan fingerprint density at radius 1 is 1.00 bits per heavy atom. The highest BCUT2D eigenvalue weighted by Crippen LogP contribution is 2.62. The Morgan fingerprint density at radius 2 is 1.48 bits per heavy atom. The van der Waals surface area contributed by atoms with Gasteiger partial charge in [0, 0.05) is 25.3 Å². The van der Waals surface area contributed by atoms with E-state index in [1.165, 1.54) is 6.08 Å². The van der Waals surface area contributed by atoms with Crippen LogP contribution in [0.1, 0.15) is 38.5 Å². The molecule has 0 heterocycles. The van der Waals surface area contributed by atoms with Crippen molar-refractivity contribution in [3.63, 3.8) is 0 Å². The van der Waals surface area contributed by atoms with Gasteiger partial charge in [-0.05, 0) is 25.2 Å². The van der Waals surface area contributed by atoms with Crippen LogP contribution in [0.2, 0.25) is 0 Å². The predicted octanol–water partition coefficient (Wildman–Crippen LogP) is 0.947. The van der Waals surface area contributed by atoms with Crippen molar-refractivity contribution in [2.75, 3.05) is 26.4 Å². The number of carbonyl (C=O) groups excluding carboxylic acids is 1. The maximum absolute atomic E-state index is 11.8. The SMILES string of the molecule is C=CC(=O)OC12CC3CC(OCCO)(CC(OCCO)(C3)C1)C2. The quantitative estimate of drug-likeness (QED) is 0.510. The number of hydrogen-bond donors (Lipinski definition) is 2. The molecular weight excluding hydrogens is 300 g/mol. The molecule has 4 aliphatic rings. The molecule has 0 aromatic rings. The molecule has 0 aromatic heterocycles. The summed E-state index contributed by atoms with van der Waals surface area (Å²) in [7, 11) is 0. The Morgan fingerprint density at radius 3 is 1.96 bits per heavy atom. The van der Waals surface area contributed by atoms with Crippen LogP contribution >= 0.6 is 0 Å². The van der Waals surface area contributed by atoms with Gasteiger partial charge < -0.3 is 24.4 Å². The minimum absolute atomic E-state index is 0.0314. The number of aliphatic hydroxyl groups is 2. The molecule has 0 aliphatic heterocycles. The summed E-state index contributed by atoms with van der Waals surface area (Å²) < 4.78 is 17.8. The van der Waals surface area contributed by atoms with Gasteiger partial charge in [-0.2, -0.15) is 0 Å². The van der Waals surface area contributed by atoms with E-state index in [1.54, 1.807) is 0 Å². The first-order valence-corrected chi connectivity index (χ1v) is 8.33. The van der Waals surface area contributed by atoms with Crippen molar-refractivity contribution in [3.8, 4) is 0 Å². The molecule has 0 aromatic carbocycles. The summed E-state index contributed by atoms with van der Waals surface area (Å²) >= 11 is 0. The van der Waals surface area contributed by atoms with Crippen LogP contribution in [-0.2, 0) is 19.0 Å². The van der Waals surface area contributed by atoms with Crippen LogP contribution in [0.15, 0.2) is 12.7 Å². The Bertz CT molecular complexity index is 452. The molecule has 2 atom stereocenters. The fraction of sp³-hybridized carbons (Fsp3) is 0.824. The minimum Gasteiger partial charge on any atom is -0.456 e. The number of esters is 1. The lowest BCUT2D eigenvalue weighted by Gasteiger charge is -2.64. The van der Waals surface area contributed by atoms with Crippen molar-refractivity contribution in [1.29, 1.82) is 0 Å². The van der Waals surface area contributed by atoms with Crippen LogP contribution in [0, 0.1) is 5.92 Å². The van der Waals surface area contributed by atoms with Gasteiger partial charge in [0.25, 0.3) is 0 Å². The zero-order valence-corrected chi connectivity index (χ0v) is 13.5. The van der Waals surface area contributed by atoms with E-state index < -0.39 is 22.8 Å². The number of rotatable bonds is 8. The highest BCUT2D eigenvalue weighted by atomic mass is 16.6. The molecule has 4 fully saturated rings. The molecular formula is C17H26O6. The first-order valence-electron chi connectivity index (χ1n) is 8.33. The van der Waals surface area contributed by atoms with Crippen molar-refractivity contribution in [2.45, 2.75) is 55.3 Å². The molecule has 6 heteroatoms. The number of hydrogen-bond acceptors (Lipinski definition) is 6. The molecule has 6 nitrogen and oxygen atoms in total. The van der Waals surface area contributed by atoms with Gasteiger partial charge in [-0.3, -0.25) is 0 Å². The summed E-state index contributed by atoms with van der Waals surface area (Å²) in [6, 6.07) is 0. The standard InChI is InChI=1S/C17H26O6/c1-2-14(20)23-17-9-13-7-15(11-17,21-5-3-18)10-16(8-13,12-17)22-6-4-19/h2,13,18-19H,1,3-12H2. The molecule has 0 radical (unpaired) electrons. The maximum Gasteiger partial charge on any atom is 0.330 e. The summed E-state index contributed by atoms with van der Waals surface area (Å²) in [5, 5.41) is 18.3. The van der Waals surface area contributed by atoms with Gasteiger partial charge in [0.2, 0.25) is 0 Å². The smallest absolute Gasteiger partial charge is 0.330 e. The molecule has 4 bridgehead atoms. The van der Waals surface area contributed by atoms with Crippen molar-refractivity contribution in [3.05, 3.63) is 12.7 Å². The van der Waals surface area contributed by atoms with Crippen LogP contribution < -0.4 is 0 Å². The number of aliphatic hydroxyl groups excluding tert-OH is 2. The van der Waals surface area contributed by atoms with Gasteiger partial charge in [-0.1, -0.05) is 6.58 Å². The molecule has 4 aliphatic carbocycles. The Balaban J connectivity index is 1.87. The Kier molecular flexibility index (Phi) is 4.53. The Hall–Kier alpha value is -0.950. The second-order valence-electron chi connectivity index (χ2n) is 7.33. The molecule has 4 saturated carbocycles. The monoisotopic (exact) mass is 326 g/mol. The number of ether oxygens (including phenoxy) is 3. The molecule has 0 saturated heterocycles. The molecule has 2 unspecified atom stereocenters. The molecule has 2 N–H and O–H groups in total. The van der Waals surface area contributed by atoms with E-state index >= 15 is 0 Å². The zero-order chi connectivity index (χ0) is 16.6. The topological polar surface area (TPSA) is 85.2 Å². The minimum atomic E-state index is -0.588. The van der Waals surface area contributed by atoms with Crippen molar-refractivity contribution in [2.24, 2.45) is 5.92 Å². The fourth-order valence-corrected chi connectivity index (χ4v) is 5.39. The third kappa shape index (κ3) is 3.18. The van der Waals surface area contributed by atoms with E-state index in [0.717, 1.165) is 25.7 Å². The van der Waals surface area contributed by atoms with E-state index in [2.05, 4.69) is 6.58 Å². The maximum atomic E-state index is 11.8. The first kappa shape index (κ1) is 16.9. The third-order valence-electron chi connectivity index (χ3n) is 5.40. The fourth-order valence-electron chi connectivity index (χ4n) is 5.39. The number of carbonyl (C=O) groups is 1. The Labute approximate surface area is 136 Å². The van der Waals surface area contributed by atoms with E-state index in [1.807, 2.05) is 0 Å². The van der Waals surface area contributed by atoms with Crippen molar-refractivity contribution >= 4 is 5.97 Å². The molecule has 0 spiro atoms. The molecule has 0 amide bonds. The van der Waals surface area contributed by atoms with Gasteiger partial charge in [-0.25, -0.2) is 4.79 Å².